The maximum Gasteiger partial charge on any atom is 0.277 e. The van der Waals surface area contributed by atoms with E-state index in [-0.39, 0.29) is 23.9 Å². The molecule has 26 heavy (non-hydrogen) atoms. The molecule has 0 radical (unpaired) electrons. The van der Waals surface area contributed by atoms with E-state index in [1.807, 2.05) is 32.0 Å². The number of hydrogen-bond donors (Lipinski definition) is 2. The molecule has 0 fully saturated rings. The third-order valence-corrected chi connectivity index (χ3v) is 4.46. The van der Waals surface area contributed by atoms with Crippen LogP contribution in [0.15, 0.2) is 42.2 Å². The largest absolute Gasteiger partial charge is 0.325 e. The van der Waals surface area contributed by atoms with E-state index >= 15 is 0 Å². The van der Waals surface area contributed by atoms with Crippen molar-refractivity contribution in [1.29, 1.82) is 0 Å². The van der Waals surface area contributed by atoms with Gasteiger partial charge in [-0.3, -0.25) is 19.9 Å². The fourth-order valence-corrected chi connectivity index (χ4v) is 3.09. The minimum atomic E-state index is -0.390. The highest BCUT2D eigenvalue weighted by atomic mass is 32.1. The molecule has 2 aromatic heterocycles. The molecule has 1 aromatic carbocycles. The Bertz CT molecular complexity index is 920. The molecule has 0 bridgehead atoms. The summed E-state index contributed by atoms with van der Waals surface area (Å²) in [6, 6.07) is 5.85. The molecule has 3 rings (SSSR count). The van der Waals surface area contributed by atoms with Gasteiger partial charge in [0.15, 0.2) is 5.13 Å². The van der Waals surface area contributed by atoms with E-state index in [1.54, 1.807) is 5.38 Å². The molecular formula is C18H17N5O2S. The first-order valence-electron chi connectivity index (χ1n) is 7.91. The number of nitrogens with one attached hydrogen (secondary N) is 2. The zero-order chi connectivity index (χ0) is 18.5. The number of anilines is 2. The van der Waals surface area contributed by atoms with Crippen molar-refractivity contribution in [2.75, 3.05) is 10.6 Å². The maximum absolute atomic E-state index is 12.3. The normalized spacial score (nSPS) is 10.4. The monoisotopic (exact) mass is 367 g/mol. The molecule has 0 atom stereocenters. The third-order valence-electron chi connectivity index (χ3n) is 3.66. The Hall–Kier alpha value is -3.13. The van der Waals surface area contributed by atoms with E-state index in [2.05, 4.69) is 25.6 Å². The molecule has 0 spiro atoms. The lowest BCUT2D eigenvalue weighted by Gasteiger charge is -2.10. The second-order valence-electron chi connectivity index (χ2n) is 5.68. The Morgan fingerprint density at radius 1 is 1.12 bits per heavy atom. The topological polar surface area (TPSA) is 96.9 Å². The van der Waals surface area contributed by atoms with Crippen LogP contribution in [0.5, 0.6) is 0 Å². The highest BCUT2D eigenvalue weighted by Gasteiger charge is 2.13. The summed E-state index contributed by atoms with van der Waals surface area (Å²) in [6.45, 7) is 3.90. The number of nitrogens with zero attached hydrogens (tertiary/aromatic N) is 3. The quantitative estimate of drug-likeness (QED) is 0.723. The highest BCUT2D eigenvalue weighted by Crippen LogP contribution is 2.21. The SMILES string of the molecule is Cc1cccc(C)c1NC(=O)Cc1csc(NC(=O)c2cnccn2)n1. The Morgan fingerprint density at radius 3 is 2.58 bits per heavy atom. The predicted molar refractivity (Wildman–Crippen MR) is 100 cm³/mol. The molecule has 7 nitrogen and oxygen atoms in total. The van der Waals surface area contributed by atoms with Gasteiger partial charge in [0, 0.05) is 23.5 Å². The van der Waals surface area contributed by atoms with Gasteiger partial charge < -0.3 is 5.32 Å². The van der Waals surface area contributed by atoms with Crippen molar-refractivity contribution in [3.63, 3.8) is 0 Å². The minimum Gasteiger partial charge on any atom is -0.325 e. The van der Waals surface area contributed by atoms with Crippen molar-refractivity contribution in [1.82, 2.24) is 15.0 Å². The molecule has 2 amide bonds. The molecule has 8 heteroatoms. The molecule has 0 unspecified atom stereocenters. The van der Waals surface area contributed by atoms with Crippen LogP contribution in [0.3, 0.4) is 0 Å². The molecule has 2 heterocycles. The number of carbonyl (C=O) groups is 2. The van der Waals surface area contributed by atoms with Gasteiger partial charge in [-0.25, -0.2) is 9.97 Å². The van der Waals surface area contributed by atoms with Crippen LogP contribution in [0.1, 0.15) is 27.3 Å². The van der Waals surface area contributed by atoms with Gasteiger partial charge in [-0.1, -0.05) is 18.2 Å². The first-order chi connectivity index (χ1) is 12.5. The second kappa shape index (κ2) is 7.83. The van der Waals surface area contributed by atoms with Gasteiger partial charge in [-0.05, 0) is 25.0 Å². The lowest BCUT2D eigenvalue weighted by Crippen LogP contribution is -2.16. The van der Waals surface area contributed by atoms with E-state index in [0.717, 1.165) is 16.8 Å². The van der Waals surface area contributed by atoms with Crippen LogP contribution < -0.4 is 10.6 Å². The highest BCUT2D eigenvalue weighted by molar-refractivity contribution is 7.14. The van der Waals surface area contributed by atoms with Crippen molar-refractivity contribution in [3.05, 3.63) is 64.7 Å². The van der Waals surface area contributed by atoms with Gasteiger partial charge in [-0.2, -0.15) is 0 Å². The Balaban J connectivity index is 1.61. The lowest BCUT2D eigenvalue weighted by atomic mass is 10.1. The molecule has 0 saturated carbocycles. The van der Waals surface area contributed by atoms with E-state index in [9.17, 15) is 9.59 Å². The lowest BCUT2D eigenvalue weighted by molar-refractivity contribution is -0.115. The molecular weight excluding hydrogens is 350 g/mol. The standard InChI is InChI=1S/C18H17N5O2S/c1-11-4-3-5-12(2)16(11)22-15(24)8-13-10-26-18(21-13)23-17(25)14-9-19-6-7-20-14/h3-7,9-10H,8H2,1-2H3,(H,22,24)(H,21,23,25). The number of rotatable bonds is 5. The Labute approximate surface area is 154 Å². The average molecular weight is 367 g/mol. The van der Waals surface area contributed by atoms with Gasteiger partial charge in [-0.15, -0.1) is 11.3 Å². The second-order valence-corrected chi connectivity index (χ2v) is 6.54. The summed E-state index contributed by atoms with van der Waals surface area (Å²) >= 11 is 1.26. The molecule has 0 aliphatic heterocycles. The van der Waals surface area contributed by atoms with Crippen LogP contribution >= 0.6 is 11.3 Å². The van der Waals surface area contributed by atoms with Crippen LogP contribution in [0, 0.1) is 13.8 Å². The number of amides is 2. The molecule has 132 valence electrons. The number of para-hydroxylation sites is 1. The molecule has 0 aliphatic rings. The van der Waals surface area contributed by atoms with Crippen LogP contribution in [0.4, 0.5) is 10.8 Å². The molecule has 0 saturated heterocycles. The minimum absolute atomic E-state index is 0.130. The summed E-state index contributed by atoms with van der Waals surface area (Å²) in [4.78, 5) is 36.4. The van der Waals surface area contributed by atoms with Crippen molar-refractivity contribution in [2.45, 2.75) is 20.3 Å². The van der Waals surface area contributed by atoms with Crippen molar-refractivity contribution in [3.8, 4) is 0 Å². The summed E-state index contributed by atoms with van der Waals surface area (Å²) in [7, 11) is 0. The summed E-state index contributed by atoms with van der Waals surface area (Å²) in [5.41, 5.74) is 3.64. The van der Waals surface area contributed by atoms with E-state index in [1.165, 1.54) is 29.9 Å². The van der Waals surface area contributed by atoms with Gasteiger partial charge in [0.1, 0.15) is 5.69 Å². The van der Waals surface area contributed by atoms with Crippen LogP contribution in [-0.4, -0.2) is 26.8 Å². The molecule has 3 aromatic rings. The summed E-state index contributed by atoms with van der Waals surface area (Å²) in [5, 5.41) is 7.74. The fourth-order valence-electron chi connectivity index (χ4n) is 2.38. The van der Waals surface area contributed by atoms with Gasteiger partial charge in [0.05, 0.1) is 18.3 Å². The van der Waals surface area contributed by atoms with Crippen molar-refractivity contribution < 1.29 is 9.59 Å². The zero-order valence-corrected chi connectivity index (χ0v) is 15.1. The van der Waals surface area contributed by atoms with Crippen LogP contribution in [0.25, 0.3) is 0 Å². The van der Waals surface area contributed by atoms with Gasteiger partial charge >= 0.3 is 0 Å². The summed E-state index contributed by atoms with van der Waals surface area (Å²) < 4.78 is 0. The Morgan fingerprint density at radius 2 is 1.88 bits per heavy atom. The van der Waals surface area contributed by atoms with Crippen molar-refractivity contribution in [2.24, 2.45) is 0 Å². The van der Waals surface area contributed by atoms with Crippen LogP contribution in [-0.2, 0) is 11.2 Å². The molecule has 0 aliphatic carbocycles. The number of carbonyl (C=O) groups excluding carboxylic acids is 2. The smallest absolute Gasteiger partial charge is 0.277 e. The fraction of sp³-hybridized carbons (Fsp3) is 0.167. The molecule has 2 N–H and O–H groups in total. The number of hydrogen-bond acceptors (Lipinski definition) is 6. The number of thiazole rings is 1. The van der Waals surface area contributed by atoms with Crippen LogP contribution in [0.2, 0.25) is 0 Å². The Kier molecular flexibility index (Phi) is 5.33. The number of aryl methyl sites for hydroxylation is 2. The van der Waals surface area contributed by atoms with Gasteiger partial charge in [0.25, 0.3) is 5.91 Å². The van der Waals surface area contributed by atoms with Gasteiger partial charge in [0.2, 0.25) is 5.91 Å². The predicted octanol–water partition coefficient (Wildman–Crippen LogP) is 2.98. The maximum atomic E-state index is 12.3. The number of aromatic nitrogens is 3. The van der Waals surface area contributed by atoms with E-state index in [0.29, 0.717) is 10.8 Å². The summed E-state index contributed by atoms with van der Waals surface area (Å²) in [5.74, 6) is -0.543. The third kappa shape index (κ3) is 4.28. The zero-order valence-electron chi connectivity index (χ0n) is 14.3. The first-order valence-corrected chi connectivity index (χ1v) is 8.78. The summed E-state index contributed by atoms with van der Waals surface area (Å²) in [6.07, 6.45) is 4.44. The van der Waals surface area contributed by atoms with E-state index < -0.39 is 0 Å². The van der Waals surface area contributed by atoms with E-state index in [4.69, 9.17) is 0 Å². The van der Waals surface area contributed by atoms with Crippen molar-refractivity contribution >= 4 is 34.0 Å². The first kappa shape index (κ1) is 17.7. The average Bonchev–Trinajstić information content (AvgIpc) is 3.06. The number of benzene rings is 1.